The van der Waals surface area contributed by atoms with Crippen LogP contribution in [0, 0.1) is 6.92 Å². The molecule has 2 aromatic rings. The van der Waals surface area contributed by atoms with Crippen LogP contribution in [-0.2, 0) is 6.42 Å². The van der Waals surface area contributed by atoms with Crippen LogP contribution in [0.5, 0.6) is 0 Å². The summed E-state index contributed by atoms with van der Waals surface area (Å²) in [7, 11) is 0. The van der Waals surface area contributed by atoms with Gasteiger partial charge in [0.15, 0.2) is 0 Å². The molecule has 0 aliphatic carbocycles. The zero-order valence-corrected chi connectivity index (χ0v) is 12.9. The van der Waals surface area contributed by atoms with Crippen LogP contribution >= 0.6 is 11.6 Å². The van der Waals surface area contributed by atoms with Crippen LogP contribution in [0.3, 0.4) is 0 Å². The zero-order chi connectivity index (χ0) is 14.5. The van der Waals surface area contributed by atoms with E-state index in [-0.39, 0.29) is 6.04 Å². The predicted octanol–water partition coefficient (Wildman–Crippen LogP) is 3.70. The highest BCUT2D eigenvalue weighted by Crippen LogP contribution is 2.26. The number of aromatic nitrogens is 2. The summed E-state index contributed by atoms with van der Waals surface area (Å²) in [6.07, 6.45) is 0.873. The van der Waals surface area contributed by atoms with Crippen molar-refractivity contribution in [2.75, 3.05) is 6.54 Å². The monoisotopic (exact) mass is 289 g/mol. The van der Waals surface area contributed by atoms with Crippen molar-refractivity contribution >= 4 is 11.6 Å². The number of aryl methyl sites for hydroxylation is 2. The van der Waals surface area contributed by atoms with Gasteiger partial charge < -0.3 is 5.32 Å². The molecule has 1 aromatic carbocycles. The molecule has 4 heteroatoms. The number of benzene rings is 1. The van der Waals surface area contributed by atoms with Gasteiger partial charge >= 0.3 is 0 Å². The summed E-state index contributed by atoms with van der Waals surface area (Å²) in [4.78, 5) is 0. The van der Waals surface area contributed by atoms with E-state index >= 15 is 0 Å². The minimum Gasteiger partial charge on any atom is -0.306 e. The van der Waals surface area contributed by atoms with E-state index in [1.165, 1.54) is 11.1 Å². The van der Waals surface area contributed by atoms with Crippen molar-refractivity contribution in [1.82, 2.24) is 15.5 Å². The Hall–Kier alpha value is -1.45. The summed E-state index contributed by atoms with van der Waals surface area (Å²) in [5.41, 5.74) is 4.37. The molecule has 0 saturated heterocycles. The van der Waals surface area contributed by atoms with Crippen LogP contribution in [0.1, 0.15) is 42.4 Å². The standard InChI is InChI=1S/C16H20ClN3/c1-4-15-14(10-11(3)19-20-15)16(18-5-2)12-6-8-13(17)9-7-12/h6-10,16,18H,4-5H2,1-3H3. The minimum atomic E-state index is 0.126. The van der Waals surface area contributed by atoms with Gasteiger partial charge in [-0.25, -0.2) is 0 Å². The van der Waals surface area contributed by atoms with Gasteiger partial charge in [0.25, 0.3) is 0 Å². The SMILES string of the molecule is CCNC(c1ccc(Cl)cc1)c1cc(C)nnc1CC. The second-order valence-corrected chi connectivity index (χ2v) is 5.22. The highest BCUT2D eigenvalue weighted by molar-refractivity contribution is 6.30. The summed E-state index contributed by atoms with van der Waals surface area (Å²) < 4.78 is 0. The van der Waals surface area contributed by atoms with Crippen molar-refractivity contribution in [2.45, 2.75) is 33.2 Å². The van der Waals surface area contributed by atoms with Crippen molar-refractivity contribution in [1.29, 1.82) is 0 Å². The third-order valence-corrected chi connectivity index (χ3v) is 3.54. The van der Waals surface area contributed by atoms with E-state index in [4.69, 9.17) is 11.6 Å². The second kappa shape index (κ2) is 6.82. The van der Waals surface area contributed by atoms with E-state index in [0.717, 1.165) is 29.4 Å². The third kappa shape index (κ3) is 3.35. The Labute approximate surface area is 125 Å². The molecular formula is C16H20ClN3. The van der Waals surface area contributed by atoms with E-state index < -0.39 is 0 Å². The van der Waals surface area contributed by atoms with Crippen LogP contribution in [0.2, 0.25) is 5.02 Å². The molecule has 0 aliphatic heterocycles. The fourth-order valence-electron chi connectivity index (χ4n) is 2.33. The molecule has 0 saturated carbocycles. The molecule has 20 heavy (non-hydrogen) atoms. The Morgan fingerprint density at radius 2 is 1.85 bits per heavy atom. The molecule has 0 bridgehead atoms. The van der Waals surface area contributed by atoms with Crippen LogP contribution in [0.4, 0.5) is 0 Å². The molecule has 0 amide bonds. The van der Waals surface area contributed by atoms with E-state index in [0.29, 0.717) is 0 Å². The van der Waals surface area contributed by atoms with E-state index in [2.05, 4.69) is 47.6 Å². The van der Waals surface area contributed by atoms with Gasteiger partial charge in [0.2, 0.25) is 0 Å². The smallest absolute Gasteiger partial charge is 0.0679 e. The summed E-state index contributed by atoms with van der Waals surface area (Å²) in [5, 5.41) is 12.8. The molecule has 2 rings (SSSR count). The first-order valence-electron chi connectivity index (χ1n) is 6.97. The van der Waals surface area contributed by atoms with Crippen LogP contribution in [-0.4, -0.2) is 16.7 Å². The first kappa shape index (κ1) is 14.9. The van der Waals surface area contributed by atoms with Gasteiger partial charge in [0.05, 0.1) is 17.4 Å². The molecule has 1 unspecified atom stereocenters. The topological polar surface area (TPSA) is 37.8 Å². The van der Waals surface area contributed by atoms with Gasteiger partial charge in [-0.1, -0.05) is 37.6 Å². The van der Waals surface area contributed by atoms with Gasteiger partial charge in [-0.15, -0.1) is 0 Å². The maximum absolute atomic E-state index is 5.98. The van der Waals surface area contributed by atoms with Gasteiger partial charge in [0, 0.05) is 5.02 Å². The molecule has 1 atom stereocenters. The minimum absolute atomic E-state index is 0.126. The number of nitrogens with zero attached hydrogens (tertiary/aromatic N) is 2. The van der Waals surface area contributed by atoms with Gasteiger partial charge in [0.1, 0.15) is 0 Å². The number of halogens is 1. The first-order chi connectivity index (χ1) is 9.65. The predicted molar refractivity (Wildman–Crippen MR) is 83.1 cm³/mol. The lowest BCUT2D eigenvalue weighted by molar-refractivity contribution is 0.617. The lowest BCUT2D eigenvalue weighted by Gasteiger charge is -2.21. The molecule has 0 spiro atoms. The largest absolute Gasteiger partial charge is 0.306 e. The Morgan fingerprint density at radius 3 is 2.45 bits per heavy atom. The fourth-order valence-corrected chi connectivity index (χ4v) is 2.45. The molecule has 3 nitrogen and oxygen atoms in total. The summed E-state index contributed by atoms with van der Waals surface area (Å²) in [5.74, 6) is 0. The van der Waals surface area contributed by atoms with Gasteiger partial charge in [-0.2, -0.15) is 10.2 Å². The van der Waals surface area contributed by atoms with E-state index in [1.54, 1.807) is 0 Å². The molecule has 106 valence electrons. The molecule has 0 radical (unpaired) electrons. The van der Waals surface area contributed by atoms with Crippen LogP contribution < -0.4 is 5.32 Å². The average Bonchev–Trinajstić information content (AvgIpc) is 2.46. The number of hydrogen-bond acceptors (Lipinski definition) is 3. The zero-order valence-electron chi connectivity index (χ0n) is 12.2. The summed E-state index contributed by atoms with van der Waals surface area (Å²) in [6, 6.07) is 10.2. The number of hydrogen-bond donors (Lipinski definition) is 1. The Bertz CT molecular complexity index is 566. The fraction of sp³-hybridized carbons (Fsp3) is 0.375. The van der Waals surface area contributed by atoms with Crippen LogP contribution in [0.15, 0.2) is 30.3 Å². The quantitative estimate of drug-likeness (QED) is 0.912. The van der Waals surface area contributed by atoms with Gasteiger partial charge in [-0.05, 0) is 49.2 Å². The Morgan fingerprint density at radius 1 is 1.15 bits per heavy atom. The number of nitrogens with one attached hydrogen (secondary N) is 1. The van der Waals surface area contributed by atoms with Crippen molar-refractivity contribution in [3.05, 3.63) is 57.9 Å². The second-order valence-electron chi connectivity index (χ2n) is 4.78. The third-order valence-electron chi connectivity index (χ3n) is 3.28. The van der Waals surface area contributed by atoms with Crippen molar-refractivity contribution in [3.8, 4) is 0 Å². The number of rotatable bonds is 5. The molecule has 1 N–H and O–H groups in total. The molecule has 1 heterocycles. The van der Waals surface area contributed by atoms with Gasteiger partial charge in [-0.3, -0.25) is 0 Å². The molecule has 0 aliphatic rings. The Balaban J connectivity index is 2.47. The highest BCUT2D eigenvalue weighted by Gasteiger charge is 2.17. The maximum Gasteiger partial charge on any atom is 0.0679 e. The van der Waals surface area contributed by atoms with Crippen molar-refractivity contribution < 1.29 is 0 Å². The summed E-state index contributed by atoms with van der Waals surface area (Å²) in [6.45, 7) is 7.07. The van der Waals surface area contributed by atoms with Crippen molar-refractivity contribution in [2.24, 2.45) is 0 Å². The van der Waals surface area contributed by atoms with E-state index in [1.807, 2.05) is 19.1 Å². The maximum atomic E-state index is 5.98. The molecule has 0 fully saturated rings. The normalized spacial score (nSPS) is 12.4. The molecular weight excluding hydrogens is 270 g/mol. The first-order valence-corrected chi connectivity index (χ1v) is 7.35. The lowest BCUT2D eigenvalue weighted by atomic mass is 9.96. The average molecular weight is 290 g/mol. The van der Waals surface area contributed by atoms with E-state index in [9.17, 15) is 0 Å². The lowest BCUT2D eigenvalue weighted by Crippen LogP contribution is -2.24. The Kier molecular flexibility index (Phi) is 5.10. The van der Waals surface area contributed by atoms with Crippen molar-refractivity contribution in [3.63, 3.8) is 0 Å². The highest BCUT2D eigenvalue weighted by atomic mass is 35.5. The van der Waals surface area contributed by atoms with Crippen LogP contribution in [0.25, 0.3) is 0 Å². The summed E-state index contributed by atoms with van der Waals surface area (Å²) >= 11 is 5.98. The molecule has 1 aromatic heterocycles.